The van der Waals surface area contributed by atoms with Gasteiger partial charge in [0.15, 0.2) is 21.3 Å². The van der Waals surface area contributed by atoms with E-state index in [0.717, 1.165) is 0 Å². The van der Waals surface area contributed by atoms with E-state index in [9.17, 15) is 18.0 Å². The van der Waals surface area contributed by atoms with Crippen LogP contribution in [-0.4, -0.2) is 57.5 Å². The van der Waals surface area contributed by atoms with E-state index in [1.165, 1.54) is 12.1 Å². The number of rotatable bonds is 4. The summed E-state index contributed by atoms with van der Waals surface area (Å²) in [6, 6.07) is 2.53. The molecule has 2 heterocycles. The molecule has 1 aromatic carbocycles. The van der Waals surface area contributed by atoms with Crippen molar-refractivity contribution < 1.29 is 27.5 Å². The molecule has 1 aromatic rings. The van der Waals surface area contributed by atoms with Crippen LogP contribution >= 0.6 is 11.6 Å². The summed E-state index contributed by atoms with van der Waals surface area (Å²) >= 11 is 6.07. The summed E-state index contributed by atoms with van der Waals surface area (Å²) in [6.45, 7) is 0.484. The predicted octanol–water partition coefficient (Wildman–Crippen LogP) is 0.144. The van der Waals surface area contributed by atoms with Crippen molar-refractivity contribution in [1.29, 1.82) is 0 Å². The van der Waals surface area contributed by atoms with Gasteiger partial charge in [-0.2, -0.15) is 0 Å². The van der Waals surface area contributed by atoms with Gasteiger partial charge in [0.1, 0.15) is 13.2 Å². The highest BCUT2D eigenvalue weighted by atomic mass is 35.5. The average Bonchev–Trinajstić information content (AvgIpc) is 2.91. The summed E-state index contributed by atoms with van der Waals surface area (Å²) in [5.74, 6) is -0.161. The van der Waals surface area contributed by atoms with Gasteiger partial charge in [0, 0.05) is 11.6 Å². The van der Waals surface area contributed by atoms with Crippen LogP contribution in [0.4, 0.5) is 0 Å². The van der Waals surface area contributed by atoms with Gasteiger partial charge in [-0.3, -0.25) is 9.59 Å². The van der Waals surface area contributed by atoms with Crippen LogP contribution in [0.15, 0.2) is 12.1 Å². The molecule has 0 bridgehead atoms. The lowest BCUT2D eigenvalue weighted by Crippen LogP contribution is -2.42. The molecule has 10 heteroatoms. The highest BCUT2D eigenvalue weighted by Gasteiger charge is 2.29. The molecule has 25 heavy (non-hydrogen) atoms. The zero-order chi connectivity index (χ0) is 18.0. The lowest BCUT2D eigenvalue weighted by Gasteiger charge is -2.20. The number of hydrogen-bond donors (Lipinski definition) is 2. The number of carbonyl (C=O) groups excluding carboxylic acids is 2. The minimum absolute atomic E-state index is 0.0650. The van der Waals surface area contributed by atoms with Gasteiger partial charge < -0.3 is 20.1 Å². The van der Waals surface area contributed by atoms with Crippen molar-refractivity contribution in [3.63, 3.8) is 0 Å². The maximum absolute atomic E-state index is 12.2. The standard InChI is InChI=1S/C15H17ClN2O6S/c16-11-5-9(6-12-14(11)24-3-2-23-12)15(20)17-7-13(19)18-10-1-4-25(21,22)8-10/h5-6,10H,1-4,7-8H2,(H,17,20)(H,18,19). The number of sulfone groups is 1. The van der Waals surface area contributed by atoms with Crippen molar-refractivity contribution >= 4 is 33.3 Å². The summed E-state index contributed by atoms with van der Waals surface area (Å²) < 4.78 is 33.5. The van der Waals surface area contributed by atoms with Crippen molar-refractivity contribution in [3.05, 3.63) is 22.7 Å². The van der Waals surface area contributed by atoms with Gasteiger partial charge in [0.25, 0.3) is 5.91 Å². The minimum atomic E-state index is -3.07. The molecule has 2 N–H and O–H groups in total. The highest BCUT2D eigenvalue weighted by Crippen LogP contribution is 2.38. The van der Waals surface area contributed by atoms with E-state index >= 15 is 0 Å². The molecule has 2 aliphatic rings. The summed E-state index contributed by atoms with van der Waals surface area (Å²) in [6.07, 6.45) is 0.389. The number of hydrogen-bond acceptors (Lipinski definition) is 6. The SMILES string of the molecule is O=C(CNC(=O)c1cc(Cl)c2c(c1)OCCO2)NC1CCS(=O)(=O)C1. The number of fused-ring (bicyclic) bond motifs is 1. The lowest BCUT2D eigenvalue weighted by molar-refractivity contribution is -0.120. The number of amides is 2. The smallest absolute Gasteiger partial charge is 0.251 e. The quantitative estimate of drug-likeness (QED) is 0.759. The summed E-state index contributed by atoms with van der Waals surface area (Å²) in [4.78, 5) is 24.0. The predicted molar refractivity (Wildman–Crippen MR) is 90.0 cm³/mol. The van der Waals surface area contributed by atoms with Gasteiger partial charge in [-0.05, 0) is 18.6 Å². The van der Waals surface area contributed by atoms with Gasteiger partial charge in [0.2, 0.25) is 5.91 Å². The van der Waals surface area contributed by atoms with Crippen LogP contribution < -0.4 is 20.1 Å². The van der Waals surface area contributed by atoms with E-state index in [-0.39, 0.29) is 28.6 Å². The Balaban J connectivity index is 1.56. The Morgan fingerprint density at radius 2 is 2.00 bits per heavy atom. The van der Waals surface area contributed by atoms with Crippen LogP contribution in [0.25, 0.3) is 0 Å². The molecule has 0 saturated carbocycles. The molecule has 0 aliphatic carbocycles. The maximum atomic E-state index is 12.2. The van der Waals surface area contributed by atoms with Crippen molar-refractivity contribution in [2.24, 2.45) is 0 Å². The Morgan fingerprint density at radius 3 is 2.72 bits per heavy atom. The van der Waals surface area contributed by atoms with E-state index < -0.39 is 27.7 Å². The van der Waals surface area contributed by atoms with Crippen LogP contribution in [0.5, 0.6) is 11.5 Å². The van der Waals surface area contributed by atoms with Crippen LogP contribution in [0, 0.1) is 0 Å². The lowest BCUT2D eigenvalue weighted by atomic mass is 10.1. The first kappa shape index (κ1) is 17.8. The van der Waals surface area contributed by atoms with Gasteiger partial charge in [-0.15, -0.1) is 0 Å². The third-order valence-corrected chi connectivity index (χ3v) is 5.91. The number of nitrogens with one attached hydrogen (secondary N) is 2. The Hall–Kier alpha value is -2.00. The fourth-order valence-electron chi connectivity index (χ4n) is 2.69. The molecule has 0 spiro atoms. The Kier molecular flexibility index (Phi) is 5.05. The van der Waals surface area contributed by atoms with E-state index in [4.69, 9.17) is 21.1 Å². The van der Waals surface area contributed by atoms with Crippen molar-refractivity contribution in [2.45, 2.75) is 12.5 Å². The van der Waals surface area contributed by atoms with Crippen molar-refractivity contribution in [1.82, 2.24) is 10.6 Å². The van der Waals surface area contributed by atoms with Crippen LogP contribution in [0.2, 0.25) is 5.02 Å². The number of ether oxygens (including phenoxy) is 2. The Morgan fingerprint density at radius 1 is 1.24 bits per heavy atom. The first-order chi connectivity index (χ1) is 11.8. The summed E-state index contributed by atoms with van der Waals surface area (Å²) in [5.41, 5.74) is 0.241. The molecule has 1 saturated heterocycles. The van der Waals surface area contributed by atoms with Gasteiger partial charge in [-0.25, -0.2) is 8.42 Å². The van der Waals surface area contributed by atoms with E-state index in [1.54, 1.807) is 0 Å². The molecule has 136 valence electrons. The largest absolute Gasteiger partial charge is 0.486 e. The van der Waals surface area contributed by atoms with E-state index in [1.807, 2.05) is 0 Å². The minimum Gasteiger partial charge on any atom is -0.486 e. The van der Waals surface area contributed by atoms with Crippen LogP contribution in [-0.2, 0) is 14.6 Å². The molecular formula is C15H17ClN2O6S. The first-order valence-corrected chi connectivity index (χ1v) is 9.91. The molecule has 1 unspecified atom stereocenters. The molecule has 2 aliphatic heterocycles. The van der Waals surface area contributed by atoms with Gasteiger partial charge in [0.05, 0.1) is 23.1 Å². The van der Waals surface area contributed by atoms with Gasteiger partial charge >= 0.3 is 0 Å². The van der Waals surface area contributed by atoms with Crippen LogP contribution in [0.3, 0.4) is 0 Å². The van der Waals surface area contributed by atoms with Crippen LogP contribution in [0.1, 0.15) is 16.8 Å². The molecule has 8 nitrogen and oxygen atoms in total. The Labute approximate surface area is 149 Å². The number of benzene rings is 1. The fourth-order valence-corrected chi connectivity index (χ4v) is 4.63. The number of carbonyl (C=O) groups is 2. The third kappa shape index (κ3) is 4.35. The average molecular weight is 389 g/mol. The second-order valence-corrected chi connectivity index (χ2v) is 8.47. The molecular weight excluding hydrogens is 372 g/mol. The molecule has 0 aromatic heterocycles. The van der Waals surface area contributed by atoms with E-state index in [0.29, 0.717) is 31.1 Å². The molecule has 0 radical (unpaired) electrons. The fraction of sp³-hybridized carbons (Fsp3) is 0.467. The first-order valence-electron chi connectivity index (χ1n) is 7.71. The molecule has 3 rings (SSSR count). The second kappa shape index (κ2) is 7.09. The maximum Gasteiger partial charge on any atom is 0.251 e. The zero-order valence-electron chi connectivity index (χ0n) is 13.2. The Bertz CT molecular complexity index is 810. The molecule has 2 amide bonds. The summed E-state index contributed by atoms with van der Waals surface area (Å²) in [5, 5.41) is 5.32. The third-order valence-electron chi connectivity index (χ3n) is 3.87. The van der Waals surface area contributed by atoms with Crippen molar-refractivity contribution in [2.75, 3.05) is 31.3 Å². The normalized spacial score (nSPS) is 20.8. The zero-order valence-corrected chi connectivity index (χ0v) is 14.8. The highest BCUT2D eigenvalue weighted by molar-refractivity contribution is 7.91. The molecule has 1 fully saturated rings. The topological polar surface area (TPSA) is 111 Å². The molecule has 1 atom stereocenters. The second-order valence-electron chi connectivity index (χ2n) is 5.83. The summed E-state index contributed by atoms with van der Waals surface area (Å²) in [7, 11) is -3.07. The number of halogens is 1. The monoisotopic (exact) mass is 388 g/mol. The van der Waals surface area contributed by atoms with Gasteiger partial charge in [-0.1, -0.05) is 11.6 Å². The van der Waals surface area contributed by atoms with Crippen molar-refractivity contribution in [3.8, 4) is 11.5 Å². The van der Waals surface area contributed by atoms with E-state index in [2.05, 4.69) is 10.6 Å².